The normalized spacial score (nSPS) is 13.4. The molecule has 2 rings (SSSR count). The van der Waals surface area contributed by atoms with E-state index in [2.05, 4.69) is 31.7 Å². The number of hydrogen-bond acceptors (Lipinski definition) is 8. The molecule has 0 aliphatic heterocycles. The third-order valence-electron chi connectivity index (χ3n) is 3.62. The van der Waals surface area contributed by atoms with Gasteiger partial charge in [0.25, 0.3) is 0 Å². The van der Waals surface area contributed by atoms with Gasteiger partial charge in [-0.1, -0.05) is 19.8 Å². The van der Waals surface area contributed by atoms with Crippen LogP contribution in [0, 0.1) is 0 Å². The first-order chi connectivity index (χ1) is 13.0. The molecule has 0 aromatic carbocycles. The molecule has 2 N–H and O–H groups in total. The van der Waals surface area contributed by atoms with Gasteiger partial charge in [0.05, 0.1) is 19.5 Å². The molecular weight excluding hydrogens is 377 g/mol. The fourth-order valence-corrected chi connectivity index (χ4v) is 2.65. The number of nitrogens with one attached hydrogen (secondary N) is 1. The number of hydrogen-bond donors (Lipinski definition) is 2. The maximum atomic E-state index is 11.8. The molecule has 150 valence electrons. The van der Waals surface area contributed by atoms with E-state index in [4.69, 9.17) is 9.47 Å². The predicted molar refractivity (Wildman–Crippen MR) is 97.5 cm³/mol. The lowest BCUT2D eigenvalue weighted by Gasteiger charge is -2.10. The molecule has 2 aromatic heterocycles. The highest BCUT2D eigenvalue weighted by Crippen LogP contribution is 2.40. The van der Waals surface area contributed by atoms with Gasteiger partial charge in [-0.2, -0.15) is 0 Å². The lowest BCUT2D eigenvalue weighted by molar-refractivity contribution is 0.144. The third-order valence-corrected chi connectivity index (χ3v) is 4.70. The zero-order chi connectivity index (χ0) is 19.7. The van der Waals surface area contributed by atoms with Crippen molar-refractivity contribution in [1.82, 2.24) is 19.5 Å². The van der Waals surface area contributed by atoms with Crippen molar-refractivity contribution in [3.05, 3.63) is 12.7 Å². The van der Waals surface area contributed by atoms with Crippen LogP contribution >= 0.6 is 7.60 Å². The highest BCUT2D eigenvalue weighted by molar-refractivity contribution is 7.52. The van der Waals surface area contributed by atoms with Crippen LogP contribution in [0.15, 0.2) is 12.7 Å². The molecular formula is C15H24N5O6P. The number of rotatable bonds is 11. The Labute approximate surface area is 156 Å². The summed E-state index contributed by atoms with van der Waals surface area (Å²) in [6.45, 7) is 2.92. The van der Waals surface area contributed by atoms with Crippen LogP contribution in [0.25, 0.3) is 11.2 Å². The number of amides is 1. The monoisotopic (exact) mass is 401 g/mol. The van der Waals surface area contributed by atoms with E-state index in [0.29, 0.717) is 24.3 Å². The van der Waals surface area contributed by atoms with Gasteiger partial charge in [-0.05, 0) is 6.42 Å². The van der Waals surface area contributed by atoms with Crippen LogP contribution in [0.3, 0.4) is 0 Å². The second-order valence-electron chi connectivity index (χ2n) is 5.66. The van der Waals surface area contributed by atoms with Gasteiger partial charge in [0.1, 0.15) is 12.7 Å². The van der Waals surface area contributed by atoms with Crippen LogP contribution < -0.4 is 5.32 Å². The molecule has 11 nitrogen and oxygen atoms in total. The summed E-state index contributed by atoms with van der Waals surface area (Å²) in [7, 11) is -2.55. The first-order valence-corrected chi connectivity index (χ1v) is 10.3. The van der Waals surface area contributed by atoms with Crippen LogP contribution in [0.5, 0.6) is 0 Å². The summed E-state index contributed by atoms with van der Waals surface area (Å²) < 4.78 is 27.7. The van der Waals surface area contributed by atoms with E-state index in [1.54, 1.807) is 4.57 Å². The summed E-state index contributed by atoms with van der Waals surface area (Å²) in [5, 5.41) is 2.56. The summed E-state index contributed by atoms with van der Waals surface area (Å²) in [5.74, 6) is 0.249. The molecule has 1 amide bonds. The molecule has 0 aliphatic rings. The Morgan fingerprint density at radius 2 is 2.11 bits per heavy atom. The summed E-state index contributed by atoms with van der Waals surface area (Å²) in [4.78, 5) is 33.5. The van der Waals surface area contributed by atoms with Crippen LogP contribution in [-0.4, -0.2) is 57.2 Å². The van der Waals surface area contributed by atoms with Gasteiger partial charge in [0.2, 0.25) is 0 Å². The Balaban J connectivity index is 1.93. The Bertz CT molecular complexity index is 798. The second-order valence-corrected chi connectivity index (χ2v) is 7.56. The Kier molecular flexibility index (Phi) is 8.11. The van der Waals surface area contributed by atoms with E-state index in [-0.39, 0.29) is 12.4 Å². The maximum absolute atomic E-state index is 11.8. The zero-order valence-electron chi connectivity index (χ0n) is 15.3. The van der Waals surface area contributed by atoms with Gasteiger partial charge in [0, 0.05) is 13.7 Å². The number of fused-ring (bicyclic) bond motifs is 1. The summed E-state index contributed by atoms with van der Waals surface area (Å²) in [6, 6.07) is 0. The van der Waals surface area contributed by atoms with Gasteiger partial charge in [-0.3, -0.25) is 9.88 Å². The molecule has 0 saturated heterocycles. The van der Waals surface area contributed by atoms with Crippen LogP contribution in [0.4, 0.5) is 10.6 Å². The molecule has 0 saturated carbocycles. The quantitative estimate of drug-likeness (QED) is 0.429. The van der Waals surface area contributed by atoms with Crippen molar-refractivity contribution >= 4 is 30.7 Å². The van der Waals surface area contributed by atoms with Crippen molar-refractivity contribution < 1.29 is 28.3 Å². The zero-order valence-corrected chi connectivity index (χ0v) is 16.2. The second kappa shape index (κ2) is 10.3. The number of anilines is 1. The van der Waals surface area contributed by atoms with Crippen molar-refractivity contribution in [2.24, 2.45) is 0 Å². The Hall–Kier alpha value is -2.07. The Morgan fingerprint density at radius 1 is 1.30 bits per heavy atom. The number of nitrogens with zero attached hydrogens (tertiary/aromatic N) is 4. The molecule has 27 heavy (non-hydrogen) atoms. The fourth-order valence-electron chi connectivity index (χ4n) is 2.18. The lowest BCUT2D eigenvalue weighted by Crippen LogP contribution is -2.16. The Morgan fingerprint density at radius 3 is 2.85 bits per heavy atom. The maximum Gasteiger partial charge on any atom is 0.412 e. The number of aromatic nitrogens is 4. The third kappa shape index (κ3) is 6.55. The molecule has 0 bridgehead atoms. The number of imidazole rings is 1. The van der Waals surface area contributed by atoms with Crippen LogP contribution in [-0.2, 0) is 25.1 Å². The first-order valence-electron chi connectivity index (χ1n) is 8.51. The minimum absolute atomic E-state index is 0.158. The topological polar surface area (TPSA) is 138 Å². The highest BCUT2D eigenvalue weighted by Gasteiger charge is 2.17. The van der Waals surface area contributed by atoms with Gasteiger partial charge >= 0.3 is 13.7 Å². The molecule has 1 atom stereocenters. The standard InChI is InChI=1S/C15H24N5O6P/c1-3-4-5-7-26-15(21)19-13-12-14(17-9-16-13)20(10-18-12)6-8-25-11-27(22,23)24-2/h9-10H,3-8,11H2,1-2H3,(H,22,23)(H,16,17,19,21). The van der Waals surface area contributed by atoms with E-state index in [0.717, 1.165) is 26.4 Å². The largest absolute Gasteiger partial charge is 0.449 e. The lowest BCUT2D eigenvalue weighted by atomic mass is 10.3. The predicted octanol–water partition coefficient (Wildman–Crippen LogP) is 2.37. The molecule has 0 spiro atoms. The molecule has 0 fully saturated rings. The van der Waals surface area contributed by atoms with E-state index in [9.17, 15) is 14.3 Å². The summed E-state index contributed by atoms with van der Waals surface area (Å²) in [5.41, 5.74) is 0.904. The molecule has 12 heteroatoms. The minimum atomic E-state index is -3.70. The summed E-state index contributed by atoms with van der Waals surface area (Å²) >= 11 is 0. The molecule has 0 radical (unpaired) electrons. The van der Waals surface area contributed by atoms with Gasteiger partial charge in [0.15, 0.2) is 17.0 Å². The van der Waals surface area contributed by atoms with Gasteiger partial charge in [-0.25, -0.2) is 19.7 Å². The van der Waals surface area contributed by atoms with Crippen molar-refractivity contribution in [3.63, 3.8) is 0 Å². The highest BCUT2D eigenvalue weighted by atomic mass is 31.2. The van der Waals surface area contributed by atoms with E-state index in [1.807, 2.05) is 0 Å². The van der Waals surface area contributed by atoms with Crippen molar-refractivity contribution in [2.45, 2.75) is 32.7 Å². The van der Waals surface area contributed by atoms with E-state index >= 15 is 0 Å². The van der Waals surface area contributed by atoms with Crippen molar-refractivity contribution in [2.75, 3.05) is 32.0 Å². The van der Waals surface area contributed by atoms with Crippen LogP contribution in [0.2, 0.25) is 0 Å². The van der Waals surface area contributed by atoms with E-state index < -0.39 is 20.0 Å². The fraction of sp³-hybridized carbons (Fsp3) is 0.600. The average Bonchev–Trinajstić information content (AvgIpc) is 3.07. The first kappa shape index (κ1) is 21.2. The number of carbonyl (C=O) groups excluding carboxylic acids is 1. The molecule has 0 aliphatic carbocycles. The van der Waals surface area contributed by atoms with Crippen molar-refractivity contribution in [1.29, 1.82) is 0 Å². The van der Waals surface area contributed by atoms with Crippen LogP contribution in [0.1, 0.15) is 26.2 Å². The molecule has 1 unspecified atom stereocenters. The number of carbonyl (C=O) groups is 1. The smallest absolute Gasteiger partial charge is 0.412 e. The van der Waals surface area contributed by atoms with E-state index in [1.165, 1.54) is 12.7 Å². The number of unbranched alkanes of at least 4 members (excludes halogenated alkanes) is 2. The molecule has 2 aromatic rings. The SMILES string of the molecule is CCCCCOC(=O)Nc1ncnc2c1ncn2CCOCP(=O)(O)OC. The number of ether oxygens (including phenoxy) is 2. The van der Waals surface area contributed by atoms with Crippen molar-refractivity contribution in [3.8, 4) is 0 Å². The molecule has 2 heterocycles. The average molecular weight is 401 g/mol. The summed E-state index contributed by atoms with van der Waals surface area (Å²) in [6.07, 6.45) is 4.68. The van der Waals surface area contributed by atoms with Gasteiger partial charge < -0.3 is 23.5 Å². The minimum Gasteiger partial charge on any atom is -0.449 e. The van der Waals surface area contributed by atoms with Gasteiger partial charge in [-0.15, -0.1) is 0 Å².